The van der Waals surface area contributed by atoms with Gasteiger partial charge >= 0.3 is 0 Å². The standard InChI is InChI=1S/C13H17FN2O/c1-13(9-15)6-3-7-16(13)12(17)10-4-2-5-11(14)8-10/h2,4-5,8H,3,6-7,9,15H2,1H3. The Bertz CT molecular complexity index is 435. The van der Waals surface area contributed by atoms with Crippen LogP contribution in [0.1, 0.15) is 30.1 Å². The van der Waals surface area contributed by atoms with E-state index in [4.69, 9.17) is 5.73 Å². The summed E-state index contributed by atoms with van der Waals surface area (Å²) >= 11 is 0. The zero-order valence-corrected chi connectivity index (χ0v) is 9.95. The van der Waals surface area contributed by atoms with Gasteiger partial charge in [0.1, 0.15) is 5.82 Å². The molecule has 1 heterocycles. The molecule has 1 fully saturated rings. The van der Waals surface area contributed by atoms with E-state index in [0.717, 1.165) is 12.8 Å². The van der Waals surface area contributed by atoms with Crippen LogP contribution < -0.4 is 5.73 Å². The Kier molecular flexibility index (Phi) is 3.15. The topological polar surface area (TPSA) is 46.3 Å². The quantitative estimate of drug-likeness (QED) is 0.850. The van der Waals surface area contributed by atoms with Gasteiger partial charge in [-0.1, -0.05) is 6.07 Å². The van der Waals surface area contributed by atoms with Crippen LogP contribution in [0.3, 0.4) is 0 Å². The van der Waals surface area contributed by atoms with Crippen LogP contribution in [0.2, 0.25) is 0 Å². The number of hydrogen-bond acceptors (Lipinski definition) is 2. The van der Waals surface area contributed by atoms with Gasteiger partial charge in [0.2, 0.25) is 0 Å². The van der Waals surface area contributed by atoms with Gasteiger partial charge in [-0.05, 0) is 38.0 Å². The summed E-state index contributed by atoms with van der Waals surface area (Å²) in [5.41, 5.74) is 5.84. The van der Waals surface area contributed by atoms with Crippen molar-refractivity contribution in [1.29, 1.82) is 0 Å². The van der Waals surface area contributed by atoms with Gasteiger partial charge < -0.3 is 10.6 Å². The third kappa shape index (κ3) is 2.17. The molecule has 2 rings (SSSR count). The zero-order valence-electron chi connectivity index (χ0n) is 9.95. The van der Waals surface area contributed by atoms with Gasteiger partial charge in [-0.2, -0.15) is 0 Å². The molecule has 0 saturated carbocycles. The maximum absolute atomic E-state index is 13.1. The van der Waals surface area contributed by atoms with E-state index in [1.165, 1.54) is 12.1 Å². The van der Waals surface area contributed by atoms with Gasteiger partial charge in [0.25, 0.3) is 5.91 Å². The number of hydrogen-bond donors (Lipinski definition) is 1. The molecular formula is C13H17FN2O. The zero-order chi connectivity index (χ0) is 12.5. The van der Waals surface area contributed by atoms with E-state index in [9.17, 15) is 9.18 Å². The summed E-state index contributed by atoms with van der Waals surface area (Å²) in [6.45, 7) is 3.12. The highest BCUT2D eigenvalue weighted by molar-refractivity contribution is 5.94. The second-order valence-corrected chi connectivity index (χ2v) is 4.77. The lowest BCUT2D eigenvalue weighted by Crippen LogP contribution is -2.50. The molecule has 1 unspecified atom stereocenters. The summed E-state index contributed by atoms with van der Waals surface area (Å²) in [7, 11) is 0. The first-order valence-electron chi connectivity index (χ1n) is 5.84. The molecule has 0 bridgehead atoms. The van der Waals surface area contributed by atoms with Crippen molar-refractivity contribution in [2.75, 3.05) is 13.1 Å². The number of likely N-dealkylation sites (tertiary alicyclic amines) is 1. The number of amides is 1. The largest absolute Gasteiger partial charge is 0.332 e. The Morgan fingerprint density at radius 3 is 3.00 bits per heavy atom. The molecule has 1 aliphatic rings. The van der Waals surface area contributed by atoms with Crippen molar-refractivity contribution in [2.24, 2.45) is 5.73 Å². The molecule has 0 spiro atoms. The normalized spacial score (nSPS) is 24.1. The molecule has 3 nitrogen and oxygen atoms in total. The number of halogens is 1. The van der Waals surface area contributed by atoms with Crippen molar-refractivity contribution in [1.82, 2.24) is 4.90 Å². The molecule has 0 aliphatic carbocycles. The van der Waals surface area contributed by atoms with Gasteiger partial charge in [-0.3, -0.25) is 4.79 Å². The molecule has 1 aromatic carbocycles. The molecule has 0 aromatic heterocycles. The molecule has 0 radical (unpaired) electrons. The van der Waals surface area contributed by atoms with Crippen molar-refractivity contribution >= 4 is 5.91 Å². The first-order valence-corrected chi connectivity index (χ1v) is 5.84. The van der Waals surface area contributed by atoms with Gasteiger partial charge in [-0.15, -0.1) is 0 Å². The summed E-state index contributed by atoms with van der Waals surface area (Å²) in [6.07, 6.45) is 1.86. The van der Waals surface area contributed by atoms with E-state index < -0.39 is 0 Å². The van der Waals surface area contributed by atoms with E-state index >= 15 is 0 Å². The molecule has 1 amide bonds. The lowest BCUT2D eigenvalue weighted by Gasteiger charge is -2.34. The van der Waals surface area contributed by atoms with Crippen LogP contribution in [0, 0.1) is 5.82 Å². The number of carbonyl (C=O) groups excluding carboxylic acids is 1. The molecule has 92 valence electrons. The number of nitrogens with two attached hydrogens (primary N) is 1. The molecule has 17 heavy (non-hydrogen) atoms. The number of rotatable bonds is 2. The third-order valence-corrected chi connectivity index (χ3v) is 3.51. The molecular weight excluding hydrogens is 219 g/mol. The predicted octanol–water partition coefficient (Wildman–Crippen LogP) is 1.78. The van der Waals surface area contributed by atoms with Crippen molar-refractivity contribution in [3.05, 3.63) is 35.6 Å². The Hall–Kier alpha value is -1.42. The minimum absolute atomic E-state index is 0.130. The smallest absolute Gasteiger partial charge is 0.254 e. The average Bonchev–Trinajstić information content (AvgIpc) is 2.71. The van der Waals surface area contributed by atoms with E-state index in [1.54, 1.807) is 17.0 Å². The second kappa shape index (κ2) is 4.45. The Labute approximate surface area is 100 Å². The summed E-state index contributed by atoms with van der Waals surface area (Å²) in [6, 6.07) is 5.81. The Morgan fingerprint density at radius 1 is 1.59 bits per heavy atom. The van der Waals surface area contributed by atoms with E-state index in [2.05, 4.69) is 0 Å². The summed E-state index contributed by atoms with van der Waals surface area (Å²) in [5.74, 6) is -0.514. The molecule has 1 saturated heterocycles. The second-order valence-electron chi connectivity index (χ2n) is 4.77. The van der Waals surface area contributed by atoms with Crippen molar-refractivity contribution in [3.8, 4) is 0 Å². The highest BCUT2D eigenvalue weighted by Gasteiger charge is 2.38. The Morgan fingerprint density at radius 2 is 2.35 bits per heavy atom. The van der Waals surface area contributed by atoms with Crippen molar-refractivity contribution in [3.63, 3.8) is 0 Å². The van der Waals surface area contributed by atoms with E-state index in [-0.39, 0.29) is 17.3 Å². The van der Waals surface area contributed by atoms with E-state index in [0.29, 0.717) is 18.7 Å². The van der Waals surface area contributed by atoms with Gasteiger partial charge in [0, 0.05) is 18.7 Å². The van der Waals surface area contributed by atoms with Crippen LogP contribution in [0.15, 0.2) is 24.3 Å². The lowest BCUT2D eigenvalue weighted by molar-refractivity contribution is 0.0636. The van der Waals surface area contributed by atoms with Crippen molar-refractivity contribution < 1.29 is 9.18 Å². The van der Waals surface area contributed by atoms with Crippen molar-refractivity contribution in [2.45, 2.75) is 25.3 Å². The van der Waals surface area contributed by atoms with Crippen LogP contribution in [0.5, 0.6) is 0 Å². The molecule has 2 N–H and O–H groups in total. The minimum Gasteiger partial charge on any atom is -0.332 e. The highest BCUT2D eigenvalue weighted by Crippen LogP contribution is 2.29. The third-order valence-electron chi connectivity index (χ3n) is 3.51. The summed E-state index contributed by atoms with van der Waals surface area (Å²) < 4.78 is 13.1. The number of benzene rings is 1. The summed E-state index contributed by atoms with van der Waals surface area (Å²) in [5, 5.41) is 0. The SMILES string of the molecule is CC1(CN)CCCN1C(=O)c1cccc(F)c1. The Balaban J connectivity index is 2.26. The minimum atomic E-state index is -0.385. The molecule has 1 aromatic rings. The van der Waals surface area contributed by atoms with Crippen LogP contribution in [0.4, 0.5) is 4.39 Å². The van der Waals surface area contributed by atoms with Gasteiger partial charge in [0.15, 0.2) is 0 Å². The highest BCUT2D eigenvalue weighted by atomic mass is 19.1. The van der Waals surface area contributed by atoms with E-state index in [1.807, 2.05) is 6.92 Å². The summed E-state index contributed by atoms with van der Waals surface area (Å²) in [4.78, 5) is 14.0. The number of carbonyl (C=O) groups is 1. The van der Waals surface area contributed by atoms with Crippen LogP contribution in [-0.2, 0) is 0 Å². The molecule has 1 atom stereocenters. The molecule has 1 aliphatic heterocycles. The average molecular weight is 236 g/mol. The number of nitrogens with zero attached hydrogens (tertiary/aromatic N) is 1. The van der Waals surface area contributed by atoms with Gasteiger partial charge in [0.05, 0.1) is 5.54 Å². The monoisotopic (exact) mass is 236 g/mol. The van der Waals surface area contributed by atoms with Crippen LogP contribution >= 0.6 is 0 Å². The molecule has 4 heteroatoms. The predicted molar refractivity (Wildman–Crippen MR) is 64.1 cm³/mol. The maximum Gasteiger partial charge on any atom is 0.254 e. The first-order chi connectivity index (χ1) is 8.07. The van der Waals surface area contributed by atoms with Gasteiger partial charge in [-0.25, -0.2) is 4.39 Å². The fourth-order valence-electron chi connectivity index (χ4n) is 2.36. The maximum atomic E-state index is 13.1. The fraction of sp³-hybridized carbons (Fsp3) is 0.462. The van der Waals surface area contributed by atoms with Crippen LogP contribution in [-0.4, -0.2) is 29.4 Å². The lowest BCUT2D eigenvalue weighted by atomic mass is 9.98. The first kappa shape index (κ1) is 12.0. The van der Waals surface area contributed by atoms with Crippen LogP contribution in [0.25, 0.3) is 0 Å². The fourth-order valence-corrected chi connectivity index (χ4v) is 2.36.